The van der Waals surface area contributed by atoms with E-state index in [0.717, 1.165) is 6.42 Å². The number of aryl methyl sites for hydroxylation is 2. The molecule has 1 aromatic rings. The highest BCUT2D eigenvalue weighted by atomic mass is 16.5. The monoisotopic (exact) mass is 226 g/mol. The zero-order chi connectivity index (χ0) is 12.1. The van der Waals surface area contributed by atoms with Gasteiger partial charge in [-0.25, -0.2) is 0 Å². The summed E-state index contributed by atoms with van der Waals surface area (Å²) in [7, 11) is 0. The Hall–Kier alpha value is -1.36. The van der Waals surface area contributed by atoms with Gasteiger partial charge in [-0.05, 0) is 33.6 Å². The van der Waals surface area contributed by atoms with Crippen LogP contribution >= 0.6 is 0 Å². The number of nitrogens with zero attached hydrogens (tertiary/aromatic N) is 1. The average Bonchev–Trinajstić information content (AvgIpc) is 2.53. The second-order valence-electron chi connectivity index (χ2n) is 3.95. The molecule has 0 aliphatic carbocycles. The predicted octanol–water partition coefficient (Wildman–Crippen LogP) is 1.18. The van der Waals surface area contributed by atoms with Crippen molar-refractivity contribution in [3.05, 3.63) is 17.0 Å². The molecule has 1 rings (SSSR count). The molecule has 0 aliphatic rings. The average molecular weight is 226 g/mol. The lowest BCUT2D eigenvalue weighted by molar-refractivity contribution is 0.0947. The van der Waals surface area contributed by atoms with Crippen molar-refractivity contribution in [1.29, 1.82) is 0 Å². The molecule has 0 bridgehead atoms. The summed E-state index contributed by atoms with van der Waals surface area (Å²) < 4.78 is 4.91. The Balaban J connectivity index is 2.41. The number of hydrogen-bond donors (Lipinski definition) is 2. The molecule has 0 aliphatic heterocycles. The van der Waals surface area contributed by atoms with Crippen LogP contribution in [-0.4, -0.2) is 28.8 Å². The maximum Gasteiger partial charge on any atom is 0.256 e. The zero-order valence-corrected chi connectivity index (χ0v) is 9.91. The Labute approximate surface area is 94.8 Å². The fourth-order valence-electron chi connectivity index (χ4n) is 1.49. The van der Waals surface area contributed by atoms with Crippen molar-refractivity contribution in [3.63, 3.8) is 0 Å². The first-order valence-corrected chi connectivity index (χ1v) is 5.41. The number of hydrogen-bond acceptors (Lipinski definition) is 4. The van der Waals surface area contributed by atoms with Gasteiger partial charge in [-0.3, -0.25) is 4.79 Å². The zero-order valence-electron chi connectivity index (χ0n) is 9.91. The minimum absolute atomic E-state index is 0.165. The molecule has 1 heterocycles. The highest BCUT2D eigenvalue weighted by Crippen LogP contribution is 2.11. The van der Waals surface area contributed by atoms with E-state index in [9.17, 15) is 4.79 Å². The molecule has 0 radical (unpaired) electrons. The third-order valence-electron chi connectivity index (χ3n) is 2.34. The van der Waals surface area contributed by atoms with E-state index in [4.69, 9.17) is 9.63 Å². The molecule has 5 nitrogen and oxygen atoms in total. The first kappa shape index (κ1) is 12.7. The summed E-state index contributed by atoms with van der Waals surface area (Å²) in [4.78, 5) is 11.7. The SMILES string of the molecule is Cc1noc(C)c1C(=O)NCCCC(C)O. The number of rotatable bonds is 5. The van der Waals surface area contributed by atoms with Gasteiger partial charge in [0.2, 0.25) is 0 Å². The van der Waals surface area contributed by atoms with Crippen LogP contribution in [0.4, 0.5) is 0 Å². The summed E-state index contributed by atoms with van der Waals surface area (Å²) in [6, 6.07) is 0. The van der Waals surface area contributed by atoms with Crippen molar-refractivity contribution in [1.82, 2.24) is 10.5 Å². The van der Waals surface area contributed by atoms with E-state index in [1.54, 1.807) is 20.8 Å². The molecule has 0 spiro atoms. The van der Waals surface area contributed by atoms with Crippen molar-refractivity contribution < 1.29 is 14.4 Å². The number of carbonyl (C=O) groups excluding carboxylic acids is 1. The Bertz CT molecular complexity index is 339. The van der Waals surface area contributed by atoms with E-state index >= 15 is 0 Å². The van der Waals surface area contributed by atoms with Gasteiger partial charge in [-0.15, -0.1) is 0 Å². The highest BCUT2D eigenvalue weighted by molar-refractivity contribution is 5.95. The minimum atomic E-state index is -0.323. The van der Waals surface area contributed by atoms with Crippen molar-refractivity contribution >= 4 is 5.91 Å². The third kappa shape index (κ3) is 3.34. The molecule has 16 heavy (non-hydrogen) atoms. The van der Waals surface area contributed by atoms with Crippen LogP contribution in [0.1, 0.15) is 41.6 Å². The standard InChI is InChI=1S/C11H18N2O3/c1-7(14)5-4-6-12-11(15)10-8(2)13-16-9(10)3/h7,14H,4-6H2,1-3H3,(H,12,15). The molecule has 1 aromatic heterocycles. The van der Waals surface area contributed by atoms with Gasteiger partial charge >= 0.3 is 0 Å². The lowest BCUT2D eigenvalue weighted by Crippen LogP contribution is -2.25. The van der Waals surface area contributed by atoms with E-state index in [1.165, 1.54) is 0 Å². The quantitative estimate of drug-likeness (QED) is 0.739. The Morgan fingerprint density at radius 3 is 2.75 bits per heavy atom. The van der Waals surface area contributed by atoms with E-state index in [-0.39, 0.29) is 12.0 Å². The van der Waals surface area contributed by atoms with Crippen LogP contribution in [-0.2, 0) is 0 Å². The van der Waals surface area contributed by atoms with Gasteiger partial charge in [0, 0.05) is 6.54 Å². The smallest absolute Gasteiger partial charge is 0.256 e. The van der Waals surface area contributed by atoms with Crippen molar-refractivity contribution in [2.75, 3.05) is 6.54 Å². The molecule has 0 aromatic carbocycles. The largest absolute Gasteiger partial charge is 0.393 e. The van der Waals surface area contributed by atoms with E-state index in [1.807, 2.05) is 0 Å². The van der Waals surface area contributed by atoms with Crippen LogP contribution in [0.2, 0.25) is 0 Å². The first-order valence-electron chi connectivity index (χ1n) is 5.41. The van der Waals surface area contributed by atoms with Gasteiger partial charge in [0.05, 0.1) is 11.8 Å². The summed E-state index contributed by atoms with van der Waals surface area (Å²) in [5, 5.41) is 15.5. The first-order chi connectivity index (χ1) is 7.52. The molecule has 90 valence electrons. The third-order valence-corrected chi connectivity index (χ3v) is 2.34. The summed E-state index contributed by atoms with van der Waals surface area (Å²) >= 11 is 0. The Morgan fingerprint density at radius 2 is 2.25 bits per heavy atom. The molecular formula is C11H18N2O3. The molecule has 5 heteroatoms. The van der Waals surface area contributed by atoms with Gasteiger partial charge in [-0.2, -0.15) is 0 Å². The molecular weight excluding hydrogens is 208 g/mol. The fourth-order valence-corrected chi connectivity index (χ4v) is 1.49. The number of aliphatic hydroxyl groups excluding tert-OH is 1. The van der Waals surface area contributed by atoms with Crippen molar-refractivity contribution in [3.8, 4) is 0 Å². The van der Waals surface area contributed by atoms with Crippen molar-refractivity contribution in [2.45, 2.75) is 39.7 Å². The molecule has 0 fully saturated rings. The molecule has 2 N–H and O–H groups in total. The summed E-state index contributed by atoms with van der Waals surface area (Å²) in [5.74, 6) is 0.368. The normalized spacial score (nSPS) is 12.5. The minimum Gasteiger partial charge on any atom is -0.393 e. The van der Waals surface area contributed by atoms with Crippen LogP contribution in [0.25, 0.3) is 0 Å². The summed E-state index contributed by atoms with van der Waals surface area (Å²) in [6.07, 6.45) is 1.12. The van der Waals surface area contributed by atoms with Gasteiger partial charge in [0.25, 0.3) is 5.91 Å². The molecule has 1 amide bonds. The van der Waals surface area contributed by atoms with Gasteiger partial charge in [-0.1, -0.05) is 5.16 Å². The van der Waals surface area contributed by atoms with E-state index in [2.05, 4.69) is 10.5 Å². The van der Waals surface area contributed by atoms with E-state index in [0.29, 0.717) is 30.0 Å². The van der Waals surface area contributed by atoms with Crippen LogP contribution in [0.15, 0.2) is 4.52 Å². The molecule has 0 saturated heterocycles. The molecule has 0 saturated carbocycles. The summed E-state index contributed by atoms with van der Waals surface area (Å²) in [5.41, 5.74) is 1.11. The highest BCUT2D eigenvalue weighted by Gasteiger charge is 2.16. The second kappa shape index (κ2) is 5.65. The lowest BCUT2D eigenvalue weighted by Gasteiger charge is -2.05. The van der Waals surface area contributed by atoms with Gasteiger partial charge in [0.1, 0.15) is 11.3 Å². The number of aliphatic hydroxyl groups is 1. The summed E-state index contributed by atoms with van der Waals surface area (Å²) in [6.45, 7) is 5.73. The van der Waals surface area contributed by atoms with Crippen LogP contribution in [0.3, 0.4) is 0 Å². The van der Waals surface area contributed by atoms with E-state index < -0.39 is 0 Å². The predicted molar refractivity (Wildman–Crippen MR) is 59.2 cm³/mol. The van der Waals surface area contributed by atoms with Crippen LogP contribution in [0, 0.1) is 13.8 Å². The topological polar surface area (TPSA) is 75.4 Å². The maximum atomic E-state index is 11.7. The Kier molecular flexibility index (Phi) is 4.49. The maximum absolute atomic E-state index is 11.7. The lowest BCUT2D eigenvalue weighted by atomic mass is 10.2. The number of nitrogens with one attached hydrogen (secondary N) is 1. The van der Waals surface area contributed by atoms with Crippen LogP contribution < -0.4 is 5.32 Å². The second-order valence-corrected chi connectivity index (χ2v) is 3.95. The number of carbonyl (C=O) groups is 1. The fraction of sp³-hybridized carbons (Fsp3) is 0.636. The van der Waals surface area contributed by atoms with Crippen molar-refractivity contribution in [2.24, 2.45) is 0 Å². The number of aromatic nitrogens is 1. The number of amides is 1. The van der Waals surface area contributed by atoms with Crippen LogP contribution in [0.5, 0.6) is 0 Å². The molecule has 1 unspecified atom stereocenters. The van der Waals surface area contributed by atoms with Gasteiger partial charge < -0.3 is 14.9 Å². The Morgan fingerprint density at radius 1 is 1.56 bits per heavy atom. The van der Waals surface area contributed by atoms with Gasteiger partial charge in [0.15, 0.2) is 0 Å². The molecule has 1 atom stereocenters.